The van der Waals surface area contributed by atoms with Gasteiger partial charge in [-0.25, -0.2) is 9.59 Å². The van der Waals surface area contributed by atoms with Crippen molar-refractivity contribution in [3.63, 3.8) is 0 Å². The first-order chi connectivity index (χ1) is 16.3. The molecule has 4 aromatic rings. The summed E-state index contributed by atoms with van der Waals surface area (Å²) < 4.78 is 10.3. The molecule has 2 aromatic carbocycles. The fourth-order valence-corrected chi connectivity index (χ4v) is 3.86. The summed E-state index contributed by atoms with van der Waals surface area (Å²) in [6.07, 6.45) is -0.382. The first-order valence-corrected chi connectivity index (χ1v) is 11.0. The van der Waals surface area contributed by atoms with Crippen molar-refractivity contribution in [3.05, 3.63) is 75.7 Å². The maximum atomic E-state index is 11.3. The standard InChI is InChI=1S/C25H26N4O5/c1-14(2)10-21-19(12-26-24(30)31)23(16-6-4-15(3)5-7-16)18-11-17(8-9-20(18)27-21)33-13-22-28-25(32)34-29-22/h4-9,11,14,26H,10,12-13H2,1-3H3,(H,30,31)(H,28,29,32). The van der Waals surface area contributed by atoms with Gasteiger partial charge in [-0.05, 0) is 48.6 Å². The number of aryl methyl sites for hydroxylation is 1. The van der Waals surface area contributed by atoms with Gasteiger partial charge in [0.2, 0.25) is 0 Å². The SMILES string of the molecule is Cc1ccc(-c2c(CNC(=O)O)c(CC(C)C)nc3ccc(OCc4noc(=O)[nH]4)cc23)cc1. The third kappa shape index (κ3) is 5.25. The minimum atomic E-state index is -1.09. The van der Waals surface area contributed by atoms with Gasteiger partial charge in [0.05, 0.1) is 5.52 Å². The molecular weight excluding hydrogens is 436 g/mol. The fraction of sp³-hybridized carbons (Fsp3) is 0.280. The van der Waals surface area contributed by atoms with Gasteiger partial charge in [0.25, 0.3) is 0 Å². The fourth-order valence-electron chi connectivity index (χ4n) is 3.86. The Bertz CT molecular complexity index is 1370. The first-order valence-electron chi connectivity index (χ1n) is 11.0. The van der Waals surface area contributed by atoms with E-state index in [-0.39, 0.29) is 19.0 Å². The highest BCUT2D eigenvalue weighted by Crippen LogP contribution is 2.36. The summed E-state index contributed by atoms with van der Waals surface area (Å²) in [4.78, 5) is 29.9. The van der Waals surface area contributed by atoms with Gasteiger partial charge >= 0.3 is 11.8 Å². The molecule has 0 bridgehead atoms. The zero-order chi connectivity index (χ0) is 24.2. The van der Waals surface area contributed by atoms with Crippen molar-refractivity contribution < 1.29 is 19.2 Å². The Morgan fingerprint density at radius 2 is 1.97 bits per heavy atom. The number of fused-ring (bicyclic) bond motifs is 1. The molecule has 0 aliphatic heterocycles. The summed E-state index contributed by atoms with van der Waals surface area (Å²) in [5.41, 5.74) is 5.48. The number of benzene rings is 2. The van der Waals surface area contributed by atoms with Crippen molar-refractivity contribution in [2.75, 3.05) is 0 Å². The van der Waals surface area contributed by atoms with Crippen LogP contribution in [0, 0.1) is 12.8 Å². The molecule has 34 heavy (non-hydrogen) atoms. The largest absolute Gasteiger partial charge is 0.486 e. The number of carboxylic acid groups (broad SMARTS) is 1. The number of hydrogen-bond donors (Lipinski definition) is 3. The van der Waals surface area contributed by atoms with Crippen LogP contribution >= 0.6 is 0 Å². The van der Waals surface area contributed by atoms with Crippen LogP contribution in [0.1, 0.15) is 36.5 Å². The Balaban J connectivity index is 1.87. The predicted molar refractivity (Wildman–Crippen MR) is 127 cm³/mol. The Morgan fingerprint density at radius 3 is 2.62 bits per heavy atom. The summed E-state index contributed by atoms with van der Waals surface area (Å²) in [5, 5.41) is 16.3. The van der Waals surface area contributed by atoms with Crippen LogP contribution in [0.25, 0.3) is 22.0 Å². The maximum Gasteiger partial charge on any atom is 0.439 e. The molecule has 2 aromatic heterocycles. The molecule has 2 heterocycles. The van der Waals surface area contributed by atoms with Crippen LogP contribution in [0.3, 0.4) is 0 Å². The minimum Gasteiger partial charge on any atom is -0.486 e. The molecule has 0 saturated carbocycles. The molecule has 9 nitrogen and oxygen atoms in total. The van der Waals surface area contributed by atoms with E-state index in [2.05, 4.69) is 33.8 Å². The second kappa shape index (κ2) is 9.78. The van der Waals surface area contributed by atoms with E-state index in [4.69, 9.17) is 9.72 Å². The number of hydrogen-bond acceptors (Lipinski definition) is 6. The number of carbonyl (C=O) groups is 1. The van der Waals surface area contributed by atoms with Crippen LogP contribution in [-0.2, 0) is 19.6 Å². The van der Waals surface area contributed by atoms with Crippen molar-refractivity contribution in [1.29, 1.82) is 0 Å². The van der Waals surface area contributed by atoms with Crippen LogP contribution < -0.4 is 15.8 Å². The van der Waals surface area contributed by atoms with Crippen molar-refractivity contribution in [1.82, 2.24) is 20.4 Å². The summed E-state index contributed by atoms with van der Waals surface area (Å²) in [6, 6.07) is 13.7. The number of aromatic amines is 1. The van der Waals surface area contributed by atoms with Gasteiger partial charge in [0.15, 0.2) is 5.82 Å². The molecule has 0 aliphatic rings. The molecule has 1 amide bonds. The molecule has 0 spiro atoms. The average Bonchev–Trinajstić information content (AvgIpc) is 3.21. The highest BCUT2D eigenvalue weighted by Gasteiger charge is 2.19. The summed E-state index contributed by atoms with van der Waals surface area (Å²) in [7, 11) is 0. The molecule has 0 atom stereocenters. The first kappa shape index (κ1) is 23.0. The van der Waals surface area contributed by atoms with E-state index >= 15 is 0 Å². The van der Waals surface area contributed by atoms with E-state index in [1.807, 2.05) is 43.3 Å². The summed E-state index contributed by atoms with van der Waals surface area (Å²) >= 11 is 0. The second-order valence-electron chi connectivity index (χ2n) is 8.54. The van der Waals surface area contributed by atoms with Crippen LogP contribution in [-0.4, -0.2) is 26.3 Å². The lowest BCUT2D eigenvalue weighted by Gasteiger charge is -2.19. The van der Waals surface area contributed by atoms with Gasteiger partial charge in [-0.15, -0.1) is 0 Å². The molecule has 176 valence electrons. The molecule has 0 fully saturated rings. The summed E-state index contributed by atoms with van der Waals surface area (Å²) in [6.45, 7) is 6.40. The van der Waals surface area contributed by atoms with E-state index in [1.54, 1.807) is 6.07 Å². The molecule has 0 aliphatic carbocycles. The Morgan fingerprint density at radius 1 is 1.21 bits per heavy atom. The highest BCUT2D eigenvalue weighted by atomic mass is 16.5. The van der Waals surface area contributed by atoms with Crippen LogP contribution in [0.4, 0.5) is 4.79 Å². The molecule has 0 radical (unpaired) electrons. The number of nitrogens with zero attached hydrogens (tertiary/aromatic N) is 2. The Hall–Kier alpha value is -4.14. The quantitative estimate of drug-likeness (QED) is 0.353. The molecule has 4 rings (SSSR count). The summed E-state index contributed by atoms with van der Waals surface area (Å²) in [5.74, 6) is 0.531. The van der Waals surface area contributed by atoms with Gasteiger partial charge in [-0.1, -0.05) is 48.8 Å². The number of nitrogens with one attached hydrogen (secondary N) is 2. The van der Waals surface area contributed by atoms with Gasteiger partial charge in [-0.2, -0.15) is 0 Å². The van der Waals surface area contributed by atoms with E-state index in [0.29, 0.717) is 18.1 Å². The van der Waals surface area contributed by atoms with Crippen LogP contribution in [0.5, 0.6) is 5.75 Å². The third-order valence-electron chi connectivity index (χ3n) is 5.36. The number of rotatable bonds is 8. The van der Waals surface area contributed by atoms with E-state index in [1.165, 1.54) is 0 Å². The van der Waals surface area contributed by atoms with Gasteiger partial charge < -0.3 is 15.2 Å². The molecule has 0 unspecified atom stereocenters. The van der Waals surface area contributed by atoms with Crippen molar-refractivity contribution in [3.8, 4) is 16.9 Å². The molecule has 3 N–H and O–H groups in total. The monoisotopic (exact) mass is 462 g/mol. The van der Waals surface area contributed by atoms with Crippen molar-refractivity contribution in [2.45, 2.75) is 40.3 Å². The molecular formula is C25H26N4O5. The zero-order valence-corrected chi connectivity index (χ0v) is 19.2. The number of ether oxygens (including phenoxy) is 1. The topological polar surface area (TPSA) is 130 Å². The number of amides is 1. The number of H-pyrrole nitrogens is 1. The number of pyridine rings is 1. The maximum absolute atomic E-state index is 11.3. The predicted octanol–water partition coefficient (Wildman–Crippen LogP) is 4.43. The lowest BCUT2D eigenvalue weighted by Crippen LogP contribution is -2.22. The van der Waals surface area contributed by atoms with Gasteiger partial charge in [0.1, 0.15) is 12.4 Å². The third-order valence-corrected chi connectivity index (χ3v) is 5.36. The molecule has 0 saturated heterocycles. The minimum absolute atomic E-state index is 0.0312. The van der Waals surface area contributed by atoms with Crippen LogP contribution in [0.2, 0.25) is 0 Å². The van der Waals surface area contributed by atoms with Crippen LogP contribution in [0.15, 0.2) is 51.8 Å². The smallest absolute Gasteiger partial charge is 0.439 e. The average molecular weight is 463 g/mol. The van der Waals surface area contributed by atoms with Crippen molar-refractivity contribution in [2.24, 2.45) is 5.92 Å². The lowest BCUT2D eigenvalue weighted by molar-refractivity contribution is 0.194. The van der Waals surface area contributed by atoms with E-state index in [0.717, 1.165) is 38.9 Å². The number of aromatic nitrogens is 3. The van der Waals surface area contributed by atoms with E-state index < -0.39 is 11.8 Å². The Labute approximate surface area is 195 Å². The van der Waals surface area contributed by atoms with Crippen molar-refractivity contribution >= 4 is 17.0 Å². The van der Waals surface area contributed by atoms with E-state index in [9.17, 15) is 14.7 Å². The molecule has 9 heteroatoms. The lowest BCUT2D eigenvalue weighted by atomic mass is 9.91. The van der Waals surface area contributed by atoms with Gasteiger partial charge in [-0.3, -0.25) is 14.5 Å². The van der Waals surface area contributed by atoms with Gasteiger partial charge in [0, 0.05) is 23.2 Å². The second-order valence-corrected chi connectivity index (χ2v) is 8.54. The zero-order valence-electron chi connectivity index (χ0n) is 19.2. The highest BCUT2D eigenvalue weighted by molar-refractivity contribution is 5.97. The normalized spacial score (nSPS) is 11.2. The Kier molecular flexibility index (Phi) is 6.62.